The van der Waals surface area contributed by atoms with E-state index in [9.17, 15) is 22.8 Å². The number of carbonyl (C=O) groups excluding carboxylic acids is 2. The SMILES string of the molecule is CCn1nc(C(=O)OC)cc1C(=O)N[C@H]1CC[C@@H](Nc2cccc3nc(C(F)(F)F)cn23)CC1. The summed E-state index contributed by atoms with van der Waals surface area (Å²) >= 11 is 0. The van der Waals surface area contributed by atoms with Crippen molar-refractivity contribution in [1.82, 2.24) is 24.5 Å². The number of imidazole rings is 1. The van der Waals surface area contributed by atoms with E-state index in [1.165, 1.54) is 28.3 Å². The van der Waals surface area contributed by atoms with Crippen molar-refractivity contribution in [3.05, 3.63) is 47.5 Å². The minimum atomic E-state index is -4.51. The Balaban J connectivity index is 1.37. The van der Waals surface area contributed by atoms with Crippen LogP contribution in [0.4, 0.5) is 19.0 Å². The van der Waals surface area contributed by atoms with E-state index >= 15 is 0 Å². The maximum atomic E-state index is 13.0. The van der Waals surface area contributed by atoms with Gasteiger partial charge in [-0.25, -0.2) is 9.78 Å². The van der Waals surface area contributed by atoms with Gasteiger partial charge in [-0.2, -0.15) is 18.3 Å². The summed E-state index contributed by atoms with van der Waals surface area (Å²) in [6, 6.07) is 6.30. The summed E-state index contributed by atoms with van der Waals surface area (Å²) in [7, 11) is 1.25. The van der Waals surface area contributed by atoms with Crippen molar-refractivity contribution in [2.75, 3.05) is 12.4 Å². The topological polar surface area (TPSA) is 103 Å². The Morgan fingerprint density at radius 3 is 2.53 bits per heavy atom. The fourth-order valence-electron chi connectivity index (χ4n) is 4.16. The zero-order chi connectivity index (χ0) is 24.5. The Bertz CT molecular complexity index is 1190. The van der Waals surface area contributed by atoms with E-state index in [0.717, 1.165) is 19.0 Å². The predicted octanol–water partition coefficient (Wildman–Crippen LogP) is 3.51. The van der Waals surface area contributed by atoms with E-state index in [-0.39, 0.29) is 35.0 Å². The van der Waals surface area contributed by atoms with Gasteiger partial charge in [-0.15, -0.1) is 0 Å². The van der Waals surface area contributed by atoms with Crippen LogP contribution in [-0.2, 0) is 17.5 Å². The molecule has 0 spiro atoms. The van der Waals surface area contributed by atoms with Crippen LogP contribution in [0.15, 0.2) is 30.5 Å². The van der Waals surface area contributed by atoms with Gasteiger partial charge in [-0.05, 0) is 44.7 Å². The molecule has 34 heavy (non-hydrogen) atoms. The first-order valence-electron chi connectivity index (χ1n) is 11.0. The molecule has 4 rings (SSSR count). The molecule has 1 saturated carbocycles. The number of aryl methyl sites for hydroxylation is 1. The molecule has 3 aromatic heterocycles. The molecule has 0 unspecified atom stereocenters. The number of carbonyl (C=O) groups is 2. The number of rotatable bonds is 6. The summed E-state index contributed by atoms with van der Waals surface area (Å²) < 4.78 is 46.6. The summed E-state index contributed by atoms with van der Waals surface area (Å²) in [5, 5.41) is 10.4. The molecule has 1 aliphatic rings. The van der Waals surface area contributed by atoms with E-state index < -0.39 is 17.8 Å². The average Bonchev–Trinajstić information content (AvgIpc) is 3.45. The molecule has 3 heterocycles. The van der Waals surface area contributed by atoms with Gasteiger partial charge >= 0.3 is 12.1 Å². The van der Waals surface area contributed by atoms with Gasteiger partial charge in [0.1, 0.15) is 17.2 Å². The van der Waals surface area contributed by atoms with Gasteiger partial charge in [0.05, 0.1) is 7.11 Å². The lowest BCUT2D eigenvalue weighted by Crippen LogP contribution is -2.41. The van der Waals surface area contributed by atoms with Gasteiger partial charge in [-0.3, -0.25) is 13.9 Å². The van der Waals surface area contributed by atoms with E-state index in [4.69, 9.17) is 0 Å². The number of nitrogens with one attached hydrogen (secondary N) is 2. The summed E-state index contributed by atoms with van der Waals surface area (Å²) in [6.45, 7) is 2.24. The van der Waals surface area contributed by atoms with Crippen LogP contribution >= 0.6 is 0 Å². The third-order valence-corrected chi connectivity index (χ3v) is 5.90. The van der Waals surface area contributed by atoms with Crippen molar-refractivity contribution >= 4 is 23.3 Å². The zero-order valence-electron chi connectivity index (χ0n) is 18.7. The maximum absolute atomic E-state index is 13.0. The molecule has 182 valence electrons. The molecule has 0 aliphatic heterocycles. The molecule has 0 radical (unpaired) electrons. The highest BCUT2D eigenvalue weighted by Gasteiger charge is 2.34. The number of alkyl halides is 3. The number of amides is 1. The smallest absolute Gasteiger partial charge is 0.434 e. The highest BCUT2D eigenvalue weighted by Crippen LogP contribution is 2.30. The number of fused-ring (bicyclic) bond motifs is 1. The third-order valence-electron chi connectivity index (χ3n) is 5.90. The van der Waals surface area contributed by atoms with Crippen LogP contribution in [0.5, 0.6) is 0 Å². The van der Waals surface area contributed by atoms with Gasteiger partial charge in [0, 0.05) is 30.9 Å². The predicted molar refractivity (Wildman–Crippen MR) is 117 cm³/mol. The standard InChI is InChI=1S/C22H25F3N6O3/c1-3-31-16(11-15(29-31)21(33)34-2)20(32)27-14-9-7-13(8-10-14)26-18-5-4-6-19-28-17(12-30(18)19)22(23,24)25/h4-6,11-14,26H,3,7-10H2,1-2H3,(H,27,32)/t13-,14+. The van der Waals surface area contributed by atoms with E-state index in [1.807, 2.05) is 6.92 Å². The molecule has 1 aliphatic carbocycles. The molecule has 0 aromatic carbocycles. The van der Waals surface area contributed by atoms with Crippen molar-refractivity contribution in [1.29, 1.82) is 0 Å². The summed E-state index contributed by atoms with van der Waals surface area (Å²) in [5.74, 6) is -0.387. The lowest BCUT2D eigenvalue weighted by Gasteiger charge is -2.30. The Morgan fingerprint density at radius 2 is 1.88 bits per heavy atom. The second kappa shape index (κ2) is 9.35. The normalized spacial score (nSPS) is 18.6. The Hall–Kier alpha value is -3.57. The summed E-state index contributed by atoms with van der Waals surface area (Å²) in [4.78, 5) is 28.2. The highest BCUT2D eigenvalue weighted by atomic mass is 19.4. The third kappa shape index (κ3) is 4.85. The van der Waals surface area contributed by atoms with Crippen LogP contribution in [0.3, 0.4) is 0 Å². The molecule has 0 saturated heterocycles. The molecule has 12 heteroatoms. The van der Waals surface area contributed by atoms with Crippen LogP contribution in [-0.4, -0.2) is 50.2 Å². The van der Waals surface area contributed by atoms with Gasteiger partial charge in [0.15, 0.2) is 11.4 Å². The van der Waals surface area contributed by atoms with Gasteiger partial charge in [-0.1, -0.05) is 6.07 Å². The molecule has 1 fully saturated rings. The Labute approximate surface area is 193 Å². The van der Waals surface area contributed by atoms with Gasteiger partial charge < -0.3 is 15.4 Å². The van der Waals surface area contributed by atoms with Crippen LogP contribution in [0.25, 0.3) is 5.65 Å². The monoisotopic (exact) mass is 478 g/mol. The molecule has 9 nitrogen and oxygen atoms in total. The second-order valence-corrected chi connectivity index (χ2v) is 8.15. The number of esters is 1. The average molecular weight is 478 g/mol. The molecular weight excluding hydrogens is 453 g/mol. The fourth-order valence-corrected chi connectivity index (χ4v) is 4.16. The highest BCUT2D eigenvalue weighted by molar-refractivity contribution is 5.96. The number of halogens is 3. The zero-order valence-corrected chi connectivity index (χ0v) is 18.7. The van der Waals surface area contributed by atoms with Crippen LogP contribution in [0.2, 0.25) is 0 Å². The quantitative estimate of drug-likeness (QED) is 0.526. The number of nitrogens with zero attached hydrogens (tertiary/aromatic N) is 4. The largest absolute Gasteiger partial charge is 0.464 e. The van der Waals surface area contributed by atoms with Crippen LogP contribution < -0.4 is 10.6 Å². The fraction of sp³-hybridized carbons (Fsp3) is 0.455. The molecule has 1 amide bonds. The number of anilines is 1. The lowest BCUT2D eigenvalue weighted by atomic mass is 9.91. The first kappa shape index (κ1) is 23.6. The summed E-state index contributed by atoms with van der Waals surface area (Å²) in [5.41, 5.74) is -0.354. The molecule has 0 atom stereocenters. The first-order valence-corrected chi connectivity index (χ1v) is 11.0. The van der Waals surface area contributed by atoms with E-state index in [0.29, 0.717) is 25.2 Å². The first-order chi connectivity index (χ1) is 16.2. The molecule has 2 N–H and O–H groups in total. The van der Waals surface area contributed by atoms with Crippen molar-refractivity contribution in [2.24, 2.45) is 0 Å². The van der Waals surface area contributed by atoms with Crippen molar-refractivity contribution in [3.8, 4) is 0 Å². The van der Waals surface area contributed by atoms with Crippen molar-refractivity contribution in [2.45, 2.75) is 57.4 Å². The lowest BCUT2D eigenvalue weighted by molar-refractivity contribution is -0.140. The number of methoxy groups -OCH3 is 1. The number of aromatic nitrogens is 4. The molecule has 3 aromatic rings. The molecular formula is C22H25F3N6O3. The Kier molecular flexibility index (Phi) is 6.49. The van der Waals surface area contributed by atoms with Crippen molar-refractivity contribution < 1.29 is 27.5 Å². The van der Waals surface area contributed by atoms with Crippen LogP contribution in [0.1, 0.15) is 59.3 Å². The van der Waals surface area contributed by atoms with Gasteiger partial charge in [0.2, 0.25) is 0 Å². The maximum Gasteiger partial charge on any atom is 0.434 e. The second-order valence-electron chi connectivity index (χ2n) is 8.15. The molecule has 0 bridgehead atoms. The van der Waals surface area contributed by atoms with Crippen LogP contribution in [0, 0.1) is 0 Å². The minimum Gasteiger partial charge on any atom is -0.464 e. The minimum absolute atomic E-state index is 0.0441. The van der Waals surface area contributed by atoms with E-state index in [2.05, 4.69) is 25.5 Å². The number of ether oxygens (including phenoxy) is 1. The van der Waals surface area contributed by atoms with E-state index in [1.54, 1.807) is 12.1 Å². The number of pyridine rings is 1. The van der Waals surface area contributed by atoms with Gasteiger partial charge in [0.25, 0.3) is 5.91 Å². The number of hydrogen-bond acceptors (Lipinski definition) is 6. The Morgan fingerprint density at radius 1 is 1.18 bits per heavy atom. The van der Waals surface area contributed by atoms with Crippen molar-refractivity contribution in [3.63, 3.8) is 0 Å². The summed E-state index contributed by atoms with van der Waals surface area (Å²) in [6.07, 6.45) is -0.680. The number of hydrogen-bond donors (Lipinski definition) is 2.